The van der Waals surface area contributed by atoms with Crippen LogP contribution in [0.25, 0.3) is 0 Å². The summed E-state index contributed by atoms with van der Waals surface area (Å²) < 4.78 is 0. The Morgan fingerprint density at radius 1 is 1.11 bits per heavy atom. The zero-order chi connectivity index (χ0) is 15.0. The average molecular weight is 289 g/mol. The fourth-order valence-electron chi connectivity index (χ4n) is 1.79. The SMILES string of the molecule is CCC(SCC(=O)N(CC(C)C)CC(C)C)C(=O)O. The van der Waals surface area contributed by atoms with Gasteiger partial charge >= 0.3 is 5.97 Å². The van der Waals surface area contributed by atoms with Gasteiger partial charge in [-0.25, -0.2) is 0 Å². The molecule has 0 heterocycles. The zero-order valence-corrected chi connectivity index (χ0v) is 13.5. The maximum Gasteiger partial charge on any atom is 0.316 e. The molecule has 0 aliphatic rings. The van der Waals surface area contributed by atoms with Crippen molar-refractivity contribution in [3.63, 3.8) is 0 Å². The number of carboxylic acids is 1. The van der Waals surface area contributed by atoms with Gasteiger partial charge in [-0.05, 0) is 18.3 Å². The van der Waals surface area contributed by atoms with Gasteiger partial charge in [-0.3, -0.25) is 9.59 Å². The normalized spacial score (nSPS) is 12.8. The van der Waals surface area contributed by atoms with Crippen molar-refractivity contribution in [3.8, 4) is 0 Å². The number of hydrogen-bond donors (Lipinski definition) is 1. The average Bonchev–Trinajstić information content (AvgIpc) is 2.26. The van der Waals surface area contributed by atoms with Gasteiger partial charge in [-0.1, -0.05) is 34.6 Å². The van der Waals surface area contributed by atoms with Crippen molar-refractivity contribution < 1.29 is 14.7 Å². The minimum atomic E-state index is -0.834. The number of carbonyl (C=O) groups is 2. The Morgan fingerprint density at radius 2 is 1.58 bits per heavy atom. The van der Waals surface area contributed by atoms with Crippen LogP contribution in [0.4, 0.5) is 0 Å². The molecule has 0 aromatic rings. The maximum atomic E-state index is 12.2. The van der Waals surface area contributed by atoms with E-state index < -0.39 is 11.2 Å². The Bertz CT molecular complexity index is 282. The van der Waals surface area contributed by atoms with Gasteiger partial charge in [0.2, 0.25) is 5.91 Å². The van der Waals surface area contributed by atoms with E-state index in [1.54, 1.807) is 0 Å². The van der Waals surface area contributed by atoms with Crippen LogP contribution in [0.3, 0.4) is 0 Å². The molecule has 5 heteroatoms. The van der Waals surface area contributed by atoms with E-state index in [1.807, 2.05) is 11.8 Å². The van der Waals surface area contributed by atoms with E-state index in [0.717, 1.165) is 13.1 Å². The standard InChI is InChI=1S/C14H27NO3S/c1-6-12(14(17)18)19-9-13(16)15(7-10(2)3)8-11(4)5/h10-12H,6-9H2,1-5H3,(H,17,18). The molecule has 112 valence electrons. The van der Waals surface area contributed by atoms with Crippen molar-refractivity contribution in [1.29, 1.82) is 0 Å². The number of nitrogens with zero attached hydrogens (tertiary/aromatic N) is 1. The molecule has 19 heavy (non-hydrogen) atoms. The van der Waals surface area contributed by atoms with Crippen LogP contribution in [0.2, 0.25) is 0 Å². The van der Waals surface area contributed by atoms with Crippen molar-refractivity contribution in [2.75, 3.05) is 18.8 Å². The van der Waals surface area contributed by atoms with E-state index in [1.165, 1.54) is 11.8 Å². The number of thioether (sulfide) groups is 1. The van der Waals surface area contributed by atoms with E-state index in [4.69, 9.17) is 5.11 Å². The molecule has 0 saturated heterocycles. The molecule has 0 fully saturated rings. The van der Waals surface area contributed by atoms with Crippen LogP contribution >= 0.6 is 11.8 Å². The van der Waals surface area contributed by atoms with Gasteiger partial charge in [0.15, 0.2) is 0 Å². The van der Waals surface area contributed by atoms with Crippen LogP contribution in [0.15, 0.2) is 0 Å². The largest absolute Gasteiger partial charge is 0.480 e. The Morgan fingerprint density at radius 3 is 1.89 bits per heavy atom. The fourth-order valence-corrected chi connectivity index (χ4v) is 2.69. The van der Waals surface area contributed by atoms with E-state index in [9.17, 15) is 9.59 Å². The van der Waals surface area contributed by atoms with Gasteiger partial charge in [-0.15, -0.1) is 11.8 Å². The number of carbonyl (C=O) groups excluding carboxylic acids is 1. The molecule has 4 nitrogen and oxygen atoms in total. The molecular formula is C14H27NO3S. The van der Waals surface area contributed by atoms with E-state index >= 15 is 0 Å². The minimum absolute atomic E-state index is 0.0482. The second-order valence-corrected chi connectivity index (χ2v) is 6.82. The predicted octanol–water partition coefficient (Wildman–Crippen LogP) is 2.72. The van der Waals surface area contributed by atoms with Crippen molar-refractivity contribution in [3.05, 3.63) is 0 Å². The monoisotopic (exact) mass is 289 g/mol. The third-order valence-electron chi connectivity index (χ3n) is 2.58. The molecule has 0 aromatic heterocycles. The molecule has 0 radical (unpaired) electrons. The van der Waals surface area contributed by atoms with E-state index in [-0.39, 0.29) is 11.7 Å². The zero-order valence-electron chi connectivity index (χ0n) is 12.7. The summed E-state index contributed by atoms with van der Waals surface area (Å²) in [6.07, 6.45) is 0.543. The molecule has 0 aromatic carbocycles. The van der Waals surface area contributed by atoms with Crippen LogP contribution < -0.4 is 0 Å². The first-order valence-electron chi connectivity index (χ1n) is 6.90. The molecular weight excluding hydrogens is 262 g/mol. The summed E-state index contributed by atoms with van der Waals surface area (Å²) in [5.41, 5.74) is 0. The highest BCUT2D eigenvalue weighted by molar-refractivity contribution is 8.01. The van der Waals surface area contributed by atoms with Gasteiger partial charge in [0.1, 0.15) is 5.25 Å². The van der Waals surface area contributed by atoms with Crippen molar-refractivity contribution >= 4 is 23.6 Å². The third-order valence-corrected chi connectivity index (χ3v) is 3.93. The summed E-state index contributed by atoms with van der Waals surface area (Å²) in [5, 5.41) is 8.49. The lowest BCUT2D eigenvalue weighted by atomic mass is 10.1. The van der Waals surface area contributed by atoms with Crippen LogP contribution in [0.1, 0.15) is 41.0 Å². The highest BCUT2D eigenvalue weighted by atomic mass is 32.2. The first-order valence-corrected chi connectivity index (χ1v) is 7.94. The molecule has 0 aliphatic carbocycles. The predicted molar refractivity (Wildman–Crippen MR) is 80.4 cm³/mol. The van der Waals surface area contributed by atoms with Crippen molar-refractivity contribution in [1.82, 2.24) is 4.90 Å². The Balaban J connectivity index is 4.42. The second-order valence-electron chi connectivity index (χ2n) is 5.63. The van der Waals surface area contributed by atoms with Crippen LogP contribution in [0, 0.1) is 11.8 Å². The van der Waals surface area contributed by atoms with Crippen molar-refractivity contribution in [2.45, 2.75) is 46.3 Å². The lowest BCUT2D eigenvalue weighted by Crippen LogP contribution is -2.38. The van der Waals surface area contributed by atoms with Crippen LogP contribution in [-0.4, -0.2) is 46.0 Å². The van der Waals surface area contributed by atoms with Gasteiger partial charge in [0, 0.05) is 13.1 Å². The summed E-state index contributed by atoms with van der Waals surface area (Å²) in [6.45, 7) is 11.6. The molecule has 0 rings (SSSR count). The quantitative estimate of drug-likeness (QED) is 0.709. The molecule has 1 amide bonds. The van der Waals surface area contributed by atoms with Gasteiger partial charge < -0.3 is 10.0 Å². The number of amides is 1. The third kappa shape index (κ3) is 8.14. The molecule has 0 bridgehead atoms. The van der Waals surface area contributed by atoms with Crippen LogP contribution in [-0.2, 0) is 9.59 Å². The van der Waals surface area contributed by atoms with Crippen molar-refractivity contribution in [2.24, 2.45) is 11.8 Å². The van der Waals surface area contributed by atoms with Crippen LogP contribution in [0.5, 0.6) is 0 Å². The summed E-state index contributed by atoms with van der Waals surface area (Å²) in [6, 6.07) is 0. The summed E-state index contributed by atoms with van der Waals surface area (Å²) in [7, 11) is 0. The Hall–Kier alpha value is -0.710. The number of rotatable bonds is 9. The smallest absolute Gasteiger partial charge is 0.316 e. The number of aliphatic carboxylic acids is 1. The fraction of sp³-hybridized carbons (Fsp3) is 0.857. The van der Waals surface area contributed by atoms with Gasteiger partial charge in [0.05, 0.1) is 5.75 Å². The molecule has 1 N–H and O–H groups in total. The summed E-state index contributed by atoms with van der Waals surface area (Å²) in [4.78, 5) is 25.0. The topological polar surface area (TPSA) is 57.6 Å². The summed E-state index contributed by atoms with van der Waals surface area (Å²) in [5.74, 6) is 0.319. The Labute approximate surface area is 120 Å². The number of carboxylic acid groups (broad SMARTS) is 1. The second kappa shape index (κ2) is 9.23. The number of hydrogen-bond acceptors (Lipinski definition) is 3. The highest BCUT2D eigenvalue weighted by Crippen LogP contribution is 2.16. The van der Waals surface area contributed by atoms with Gasteiger partial charge in [0.25, 0.3) is 0 Å². The lowest BCUT2D eigenvalue weighted by Gasteiger charge is -2.26. The maximum absolute atomic E-state index is 12.2. The highest BCUT2D eigenvalue weighted by Gasteiger charge is 2.21. The van der Waals surface area contributed by atoms with E-state index in [2.05, 4.69) is 27.7 Å². The first kappa shape index (κ1) is 18.3. The first-order chi connectivity index (χ1) is 8.77. The molecule has 0 saturated carbocycles. The molecule has 1 unspecified atom stereocenters. The Kier molecular flexibility index (Phi) is 8.89. The van der Waals surface area contributed by atoms with E-state index in [0.29, 0.717) is 18.3 Å². The minimum Gasteiger partial charge on any atom is -0.480 e. The molecule has 0 aliphatic heterocycles. The summed E-state index contributed by atoms with van der Waals surface area (Å²) >= 11 is 1.23. The lowest BCUT2D eigenvalue weighted by molar-refractivity contribution is -0.136. The molecule has 0 spiro atoms. The molecule has 1 atom stereocenters. The van der Waals surface area contributed by atoms with Gasteiger partial charge in [-0.2, -0.15) is 0 Å².